The molecule has 2 heterocycles. The molecule has 0 aromatic carbocycles. The molecular formula is C13H17N3O3S. The van der Waals surface area contributed by atoms with Gasteiger partial charge in [0.1, 0.15) is 11.0 Å². The molecular weight excluding hydrogens is 278 g/mol. The molecule has 0 amide bonds. The summed E-state index contributed by atoms with van der Waals surface area (Å²) in [4.78, 5) is 3.73. The third-order valence-electron chi connectivity index (χ3n) is 3.52. The highest BCUT2D eigenvalue weighted by atomic mass is 32.2. The van der Waals surface area contributed by atoms with Crippen molar-refractivity contribution < 1.29 is 13.5 Å². The van der Waals surface area contributed by atoms with Crippen LogP contribution in [0, 0.1) is 11.3 Å². The highest BCUT2D eigenvalue weighted by molar-refractivity contribution is 7.89. The fraction of sp³-hybridized carbons (Fsp3) is 0.538. The number of sulfonamides is 1. The predicted molar refractivity (Wildman–Crippen MR) is 72.2 cm³/mol. The van der Waals surface area contributed by atoms with Crippen LogP contribution in [0.5, 0.6) is 0 Å². The average Bonchev–Trinajstić information content (AvgIpc) is 2.60. The van der Waals surface area contributed by atoms with Gasteiger partial charge in [0.15, 0.2) is 5.69 Å². The van der Waals surface area contributed by atoms with Gasteiger partial charge in [-0.25, -0.2) is 13.4 Å². The number of pyridine rings is 1. The first-order valence-electron chi connectivity index (χ1n) is 6.44. The molecule has 1 N–H and O–H groups in total. The number of nitrogens with zero attached hydrogens (tertiary/aromatic N) is 3. The molecule has 0 spiro atoms. The minimum Gasteiger partial charge on any atom is -0.390 e. The summed E-state index contributed by atoms with van der Waals surface area (Å²) in [7, 11) is -3.74. The maximum absolute atomic E-state index is 12.6. The first kappa shape index (κ1) is 14.9. The Balaban J connectivity index is 2.34. The van der Waals surface area contributed by atoms with Gasteiger partial charge in [-0.1, -0.05) is 0 Å². The molecule has 6 nitrogen and oxygen atoms in total. The van der Waals surface area contributed by atoms with Crippen molar-refractivity contribution in [3.05, 3.63) is 24.0 Å². The lowest BCUT2D eigenvalue weighted by Crippen LogP contribution is -2.34. The van der Waals surface area contributed by atoms with E-state index in [1.807, 2.05) is 0 Å². The van der Waals surface area contributed by atoms with Gasteiger partial charge in [-0.2, -0.15) is 9.57 Å². The van der Waals surface area contributed by atoms with Gasteiger partial charge in [-0.15, -0.1) is 0 Å². The molecule has 0 saturated carbocycles. The Morgan fingerprint density at radius 3 is 2.90 bits per heavy atom. The van der Waals surface area contributed by atoms with Crippen molar-refractivity contribution in [2.75, 3.05) is 13.1 Å². The molecule has 1 atom stereocenters. The highest BCUT2D eigenvalue weighted by Gasteiger charge is 2.32. The first-order valence-corrected chi connectivity index (χ1v) is 7.88. The largest absolute Gasteiger partial charge is 0.390 e. The summed E-state index contributed by atoms with van der Waals surface area (Å²) in [6.07, 6.45) is 2.94. The second-order valence-corrected chi connectivity index (χ2v) is 7.12. The molecule has 1 aliphatic heterocycles. The summed E-state index contributed by atoms with van der Waals surface area (Å²) in [6, 6.07) is 4.70. The Bertz CT molecular complexity index is 635. The maximum Gasteiger partial charge on any atom is 0.245 e. The van der Waals surface area contributed by atoms with Crippen molar-refractivity contribution in [3.8, 4) is 6.07 Å². The molecule has 2 rings (SSSR count). The Labute approximate surface area is 118 Å². The van der Waals surface area contributed by atoms with Crippen LogP contribution in [0.2, 0.25) is 0 Å². The summed E-state index contributed by atoms with van der Waals surface area (Å²) >= 11 is 0. The lowest BCUT2D eigenvalue weighted by atomic mass is 9.98. The number of hydrogen-bond acceptors (Lipinski definition) is 5. The minimum absolute atomic E-state index is 0.0657. The van der Waals surface area contributed by atoms with Crippen LogP contribution in [0.3, 0.4) is 0 Å². The van der Waals surface area contributed by atoms with E-state index in [4.69, 9.17) is 5.26 Å². The number of nitriles is 1. The van der Waals surface area contributed by atoms with Crippen molar-refractivity contribution >= 4 is 10.0 Å². The van der Waals surface area contributed by atoms with Gasteiger partial charge in [0, 0.05) is 19.3 Å². The standard InChI is InChI=1S/C13H17N3O3S/c1-13(17)5-3-8-16(9-6-13)20(18,19)12-4-2-7-15-11(12)10-14/h2,4,7,17H,3,5-6,8-9H2,1H3. The molecule has 1 aliphatic rings. The Morgan fingerprint density at radius 1 is 1.45 bits per heavy atom. The van der Waals surface area contributed by atoms with E-state index in [-0.39, 0.29) is 17.1 Å². The van der Waals surface area contributed by atoms with Gasteiger partial charge in [-0.3, -0.25) is 0 Å². The smallest absolute Gasteiger partial charge is 0.245 e. The molecule has 108 valence electrons. The molecule has 1 unspecified atom stereocenters. The molecule has 0 bridgehead atoms. The van der Waals surface area contributed by atoms with Crippen LogP contribution in [0.15, 0.2) is 23.2 Å². The van der Waals surface area contributed by atoms with Gasteiger partial charge >= 0.3 is 0 Å². The van der Waals surface area contributed by atoms with Crippen LogP contribution in [0.1, 0.15) is 31.9 Å². The van der Waals surface area contributed by atoms with Crippen molar-refractivity contribution in [2.45, 2.75) is 36.7 Å². The summed E-state index contributed by atoms with van der Waals surface area (Å²) < 4.78 is 26.5. The number of aliphatic hydroxyl groups is 1. The summed E-state index contributed by atoms with van der Waals surface area (Å²) in [5, 5.41) is 19.0. The lowest BCUT2D eigenvalue weighted by Gasteiger charge is -2.22. The Kier molecular flexibility index (Phi) is 4.09. The van der Waals surface area contributed by atoms with Crippen LogP contribution in [-0.2, 0) is 10.0 Å². The summed E-state index contributed by atoms with van der Waals surface area (Å²) in [5.74, 6) is 0. The Hall–Kier alpha value is -1.49. The van der Waals surface area contributed by atoms with E-state index in [1.54, 1.807) is 13.0 Å². The van der Waals surface area contributed by atoms with Crippen LogP contribution in [0.25, 0.3) is 0 Å². The average molecular weight is 295 g/mol. The van der Waals surface area contributed by atoms with E-state index in [2.05, 4.69) is 4.98 Å². The highest BCUT2D eigenvalue weighted by Crippen LogP contribution is 2.26. The maximum atomic E-state index is 12.6. The van der Waals surface area contributed by atoms with Crippen LogP contribution < -0.4 is 0 Å². The van der Waals surface area contributed by atoms with Crippen molar-refractivity contribution in [3.63, 3.8) is 0 Å². The van der Waals surface area contributed by atoms with E-state index in [1.165, 1.54) is 22.6 Å². The molecule has 7 heteroatoms. The van der Waals surface area contributed by atoms with E-state index in [0.717, 1.165) is 0 Å². The van der Waals surface area contributed by atoms with Crippen LogP contribution >= 0.6 is 0 Å². The number of rotatable bonds is 2. The van der Waals surface area contributed by atoms with E-state index in [9.17, 15) is 13.5 Å². The molecule has 0 radical (unpaired) electrons. The topological polar surface area (TPSA) is 94.3 Å². The lowest BCUT2D eigenvalue weighted by molar-refractivity contribution is 0.0465. The van der Waals surface area contributed by atoms with Gasteiger partial charge < -0.3 is 5.11 Å². The van der Waals surface area contributed by atoms with E-state index < -0.39 is 15.6 Å². The fourth-order valence-corrected chi connectivity index (χ4v) is 3.87. The molecule has 1 aromatic rings. The van der Waals surface area contributed by atoms with Gasteiger partial charge in [0.25, 0.3) is 0 Å². The Morgan fingerprint density at radius 2 is 2.20 bits per heavy atom. The normalized spacial score (nSPS) is 24.9. The van der Waals surface area contributed by atoms with Crippen molar-refractivity contribution in [1.82, 2.24) is 9.29 Å². The van der Waals surface area contributed by atoms with Gasteiger partial charge in [-0.05, 0) is 38.3 Å². The van der Waals surface area contributed by atoms with Crippen LogP contribution in [-0.4, -0.2) is 41.5 Å². The molecule has 0 aliphatic carbocycles. The third-order valence-corrected chi connectivity index (χ3v) is 5.45. The first-order chi connectivity index (χ1) is 9.37. The minimum atomic E-state index is -3.74. The third kappa shape index (κ3) is 2.98. The number of aromatic nitrogens is 1. The zero-order chi connectivity index (χ0) is 14.8. The second-order valence-electron chi connectivity index (χ2n) is 5.22. The molecule has 1 aromatic heterocycles. The van der Waals surface area contributed by atoms with Gasteiger partial charge in [0.05, 0.1) is 5.60 Å². The SMILES string of the molecule is CC1(O)CCCN(S(=O)(=O)c2cccnc2C#N)CC1. The fourth-order valence-electron chi connectivity index (χ4n) is 2.30. The van der Waals surface area contributed by atoms with Gasteiger partial charge in [0.2, 0.25) is 10.0 Å². The number of hydrogen-bond donors (Lipinski definition) is 1. The van der Waals surface area contributed by atoms with Crippen LogP contribution in [0.4, 0.5) is 0 Å². The summed E-state index contributed by atoms with van der Waals surface area (Å²) in [5.41, 5.74) is -0.930. The van der Waals surface area contributed by atoms with E-state index in [0.29, 0.717) is 25.8 Å². The second kappa shape index (κ2) is 5.48. The zero-order valence-electron chi connectivity index (χ0n) is 11.3. The quantitative estimate of drug-likeness (QED) is 0.874. The molecule has 1 saturated heterocycles. The molecule has 20 heavy (non-hydrogen) atoms. The summed E-state index contributed by atoms with van der Waals surface area (Å²) in [6.45, 7) is 2.31. The van der Waals surface area contributed by atoms with E-state index >= 15 is 0 Å². The predicted octanol–water partition coefficient (Wildman–Crippen LogP) is 0.879. The zero-order valence-corrected chi connectivity index (χ0v) is 12.1. The monoisotopic (exact) mass is 295 g/mol. The van der Waals surface area contributed by atoms with Crippen molar-refractivity contribution in [2.24, 2.45) is 0 Å². The molecule has 1 fully saturated rings. The van der Waals surface area contributed by atoms with Crippen molar-refractivity contribution in [1.29, 1.82) is 5.26 Å².